The number of hydrogen-bond donors (Lipinski definition) is 1. The molecule has 0 bridgehead atoms. The lowest BCUT2D eigenvalue weighted by Gasteiger charge is -2.27. The highest BCUT2D eigenvalue weighted by molar-refractivity contribution is 7.98. The smallest absolute Gasteiger partial charge is 0.000235 e. The maximum absolute atomic E-state index is 3.26. The summed E-state index contributed by atoms with van der Waals surface area (Å²) in [5.41, 5.74) is 0.512. The minimum Gasteiger partial charge on any atom is -0.319 e. The monoisotopic (exact) mass is 175 g/mol. The Morgan fingerprint density at radius 2 is 2.09 bits per heavy atom. The summed E-state index contributed by atoms with van der Waals surface area (Å²) >= 11 is 1.94. The Hall–Kier alpha value is 0.310. The van der Waals surface area contributed by atoms with Crippen LogP contribution in [0.4, 0.5) is 0 Å². The van der Waals surface area contributed by atoms with Gasteiger partial charge in [-0.3, -0.25) is 0 Å². The Kier molecular flexibility index (Phi) is 6.06. The van der Waals surface area contributed by atoms with Crippen LogP contribution in [0.15, 0.2) is 0 Å². The molecule has 0 saturated carbocycles. The van der Waals surface area contributed by atoms with Gasteiger partial charge in [-0.1, -0.05) is 13.8 Å². The lowest BCUT2D eigenvalue weighted by atomic mass is 9.85. The van der Waals surface area contributed by atoms with Crippen molar-refractivity contribution in [1.29, 1.82) is 0 Å². The molecule has 0 radical (unpaired) electrons. The van der Waals surface area contributed by atoms with Crippen molar-refractivity contribution < 1.29 is 0 Å². The fourth-order valence-corrected chi connectivity index (χ4v) is 1.86. The van der Waals surface area contributed by atoms with Crippen LogP contribution in [0.25, 0.3) is 0 Å². The van der Waals surface area contributed by atoms with Crippen LogP contribution in [-0.4, -0.2) is 25.6 Å². The zero-order valence-electron chi connectivity index (χ0n) is 8.24. The van der Waals surface area contributed by atoms with Crippen LogP contribution >= 0.6 is 11.8 Å². The molecule has 1 atom stereocenters. The molecule has 68 valence electrons. The van der Waals surface area contributed by atoms with Crippen LogP contribution in [0.2, 0.25) is 0 Å². The van der Waals surface area contributed by atoms with Crippen molar-refractivity contribution in [2.75, 3.05) is 25.6 Å². The number of thioether (sulfide) groups is 1. The van der Waals surface area contributed by atoms with Crippen molar-refractivity contribution in [3.63, 3.8) is 0 Å². The van der Waals surface area contributed by atoms with E-state index in [1.807, 2.05) is 18.8 Å². The van der Waals surface area contributed by atoms with E-state index in [0.29, 0.717) is 5.41 Å². The van der Waals surface area contributed by atoms with Gasteiger partial charge in [-0.2, -0.15) is 11.8 Å². The summed E-state index contributed by atoms with van der Waals surface area (Å²) in [6.45, 7) is 5.78. The minimum atomic E-state index is 0.512. The average molecular weight is 175 g/mol. The summed E-state index contributed by atoms with van der Waals surface area (Å²) < 4.78 is 0. The van der Waals surface area contributed by atoms with Gasteiger partial charge < -0.3 is 5.32 Å². The van der Waals surface area contributed by atoms with Crippen molar-refractivity contribution in [2.24, 2.45) is 5.41 Å². The second kappa shape index (κ2) is 5.90. The van der Waals surface area contributed by atoms with Gasteiger partial charge in [0, 0.05) is 6.54 Å². The maximum atomic E-state index is 3.26. The first kappa shape index (κ1) is 11.3. The predicted octanol–water partition coefficient (Wildman–Crippen LogP) is 2.38. The van der Waals surface area contributed by atoms with E-state index < -0.39 is 0 Å². The van der Waals surface area contributed by atoms with Crippen molar-refractivity contribution in [3.05, 3.63) is 0 Å². The van der Waals surface area contributed by atoms with Gasteiger partial charge in [0.25, 0.3) is 0 Å². The van der Waals surface area contributed by atoms with Gasteiger partial charge in [-0.15, -0.1) is 0 Å². The largest absolute Gasteiger partial charge is 0.319 e. The molecular weight excluding hydrogens is 154 g/mol. The van der Waals surface area contributed by atoms with Crippen LogP contribution in [0, 0.1) is 5.41 Å². The molecular formula is C9H21NS. The van der Waals surface area contributed by atoms with E-state index in [1.54, 1.807) is 0 Å². The Labute approximate surface area is 75.3 Å². The third-order valence-electron chi connectivity index (χ3n) is 2.37. The molecule has 1 nitrogen and oxygen atoms in total. The van der Waals surface area contributed by atoms with Gasteiger partial charge in [-0.25, -0.2) is 0 Å². The molecule has 0 aromatic carbocycles. The molecule has 0 aliphatic carbocycles. The molecule has 0 spiro atoms. The van der Waals surface area contributed by atoms with Crippen molar-refractivity contribution in [2.45, 2.75) is 26.7 Å². The summed E-state index contributed by atoms with van der Waals surface area (Å²) in [5.74, 6) is 1.28. The molecule has 0 aromatic heterocycles. The highest BCUT2D eigenvalue weighted by Gasteiger charge is 2.19. The first-order valence-electron chi connectivity index (χ1n) is 4.32. The molecule has 1 N–H and O–H groups in total. The zero-order valence-corrected chi connectivity index (χ0v) is 9.05. The third-order valence-corrected chi connectivity index (χ3v) is 2.98. The molecule has 2 heteroatoms. The molecule has 1 unspecified atom stereocenters. The van der Waals surface area contributed by atoms with Gasteiger partial charge in [-0.05, 0) is 37.3 Å². The Morgan fingerprint density at radius 3 is 2.45 bits per heavy atom. The molecule has 0 fully saturated rings. The van der Waals surface area contributed by atoms with Gasteiger partial charge >= 0.3 is 0 Å². The summed E-state index contributed by atoms with van der Waals surface area (Å²) in [4.78, 5) is 0. The second-order valence-electron chi connectivity index (χ2n) is 3.44. The summed E-state index contributed by atoms with van der Waals surface area (Å²) in [6.07, 6.45) is 4.77. The predicted molar refractivity (Wildman–Crippen MR) is 55.3 cm³/mol. The van der Waals surface area contributed by atoms with Crippen LogP contribution in [0.3, 0.4) is 0 Å². The van der Waals surface area contributed by atoms with Crippen LogP contribution in [-0.2, 0) is 0 Å². The Morgan fingerprint density at radius 1 is 1.45 bits per heavy atom. The lowest BCUT2D eigenvalue weighted by Crippen LogP contribution is -2.29. The van der Waals surface area contributed by atoms with Gasteiger partial charge in [0.05, 0.1) is 0 Å². The average Bonchev–Trinajstić information content (AvgIpc) is 2.02. The standard InChI is InChI=1S/C9H21NS/c1-5-9(2,8-10-3)6-7-11-4/h10H,5-8H2,1-4H3. The second-order valence-corrected chi connectivity index (χ2v) is 4.42. The van der Waals surface area contributed by atoms with Gasteiger partial charge in [0.1, 0.15) is 0 Å². The van der Waals surface area contributed by atoms with E-state index in [9.17, 15) is 0 Å². The van der Waals surface area contributed by atoms with Crippen molar-refractivity contribution >= 4 is 11.8 Å². The third kappa shape index (κ3) is 4.70. The fraction of sp³-hybridized carbons (Fsp3) is 1.00. The molecule has 11 heavy (non-hydrogen) atoms. The number of nitrogens with one attached hydrogen (secondary N) is 1. The Bertz CT molecular complexity index is 95.6. The minimum absolute atomic E-state index is 0.512. The molecule has 0 aliphatic rings. The van der Waals surface area contributed by atoms with E-state index in [-0.39, 0.29) is 0 Å². The van der Waals surface area contributed by atoms with E-state index in [0.717, 1.165) is 6.54 Å². The fourth-order valence-electron chi connectivity index (χ4n) is 1.17. The highest BCUT2D eigenvalue weighted by Crippen LogP contribution is 2.25. The summed E-state index contributed by atoms with van der Waals surface area (Å²) in [6, 6.07) is 0. The SMILES string of the molecule is CCC(C)(CCSC)CNC. The van der Waals surface area contributed by atoms with Crippen molar-refractivity contribution in [1.82, 2.24) is 5.32 Å². The van der Waals surface area contributed by atoms with E-state index in [1.165, 1.54) is 18.6 Å². The lowest BCUT2D eigenvalue weighted by molar-refractivity contribution is 0.292. The first-order valence-corrected chi connectivity index (χ1v) is 5.71. The molecule has 0 aliphatic heterocycles. The van der Waals surface area contributed by atoms with E-state index >= 15 is 0 Å². The highest BCUT2D eigenvalue weighted by atomic mass is 32.2. The van der Waals surface area contributed by atoms with Crippen molar-refractivity contribution in [3.8, 4) is 0 Å². The maximum Gasteiger partial charge on any atom is 0.000235 e. The molecule has 0 heterocycles. The van der Waals surface area contributed by atoms with Crippen LogP contribution < -0.4 is 5.32 Å². The molecule has 0 aromatic rings. The zero-order chi connectivity index (χ0) is 8.74. The van der Waals surface area contributed by atoms with Gasteiger partial charge in [0.15, 0.2) is 0 Å². The topological polar surface area (TPSA) is 12.0 Å². The van der Waals surface area contributed by atoms with E-state index in [2.05, 4.69) is 25.4 Å². The summed E-state index contributed by atoms with van der Waals surface area (Å²) in [5, 5.41) is 3.26. The number of rotatable bonds is 6. The molecule has 0 saturated heterocycles. The van der Waals surface area contributed by atoms with Gasteiger partial charge in [0.2, 0.25) is 0 Å². The van der Waals surface area contributed by atoms with E-state index in [4.69, 9.17) is 0 Å². The molecule has 0 rings (SSSR count). The molecule has 0 amide bonds. The van der Waals surface area contributed by atoms with Crippen LogP contribution in [0.1, 0.15) is 26.7 Å². The summed E-state index contributed by atoms with van der Waals surface area (Å²) in [7, 11) is 2.03. The quantitative estimate of drug-likeness (QED) is 0.665. The number of hydrogen-bond acceptors (Lipinski definition) is 2. The normalized spacial score (nSPS) is 16.4. The first-order chi connectivity index (χ1) is 5.18. The Balaban J connectivity index is 3.68. The van der Waals surface area contributed by atoms with Crippen LogP contribution in [0.5, 0.6) is 0 Å².